The summed E-state index contributed by atoms with van der Waals surface area (Å²) in [4.78, 5) is 36.9. The largest absolute Gasteiger partial charge is 0.283 e. The third kappa shape index (κ3) is 3.81. The summed E-state index contributed by atoms with van der Waals surface area (Å²) in [7, 11) is 0. The van der Waals surface area contributed by atoms with Gasteiger partial charge in [-0.05, 0) is 23.6 Å². The lowest BCUT2D eigenvalue weighted by molar-refractivity contribution is 0.673. The van der Waals surface area contributed by atoms with Crippen molar-refractivity contribution in [3.63, 3.8) is 0 Å². The fourth-order valence-corrected chi connectivity index (χ4v) is 6.22. The molecule has 0 radical (unpaired) electrons. The molecule has 0 aromatic carbocycles. The van der Waals surface area contributed by atoms with Crippen molar-refractivity contribution >= 4 is 61.9 Å². The first kappa shape index (κ1) is 21.1. The van der Waals surface area contributed by atoms with E-state index in [1.165, 1.54) is 33.6 Å². The predicted octanol–water partition coefficient (Wildman–Crippen LogP) is 5.33. The lowest BCUT2D eigenvalue weighted by Gasteiger charge is -2.10. The molecule has 0 spiro atoms. The number of thioether (sulfide) groups is 1. The van der Waals surface area contributed by atoms with Crippen LogP contribution < -0.4 is 11.1 Å². The highest BCUT2D eigenvalue weighted by molar-refractivity contribution is 7.98. The minimum atomic E-state index is -0.209. The van der Waals surface area contributed by atoms with E-state index in [-0.39, 0.29) is 11.1 Å². The molecule has 5 rings (SSSR count). The Bertz CT molecular complexity index is 1590. The van der Waals surface area contributed by atoms with Gasteiger partial charge in [-0.3, -0.25) is 18.6 Å². The number of thiophene rings is 2. The monoisotopic (exact) mass is 498 g/mol. The molecule has 0 aliphatic heterocycles. The van der Waals surface area contributed by atoms with Crippen molar-refractivity contribution in [3.8, 4) is 10.4 Å². The zero-order valence-corrected chi connectivity index (χ0v) is 19.7. The Labute approximate surface area is 199 Å². The molecule has 0 atom stereocenters. The Morgan fingerprint density at radius 3 is 2.84 bits per heavy atom. The van der Waals surface area contributed by atoms with Crippen molar-refractivity contribution in [2.24, 2.45) is 0 Å². The van der Waals surface area contributed by atoms with Gasteiger partial charge in [-0.25, -0.2) is 9.97 Å². The van der Waals surface area contributed by atoms with Gasteiger partial charge >= 0.3 is 0 Å². The second-order valence-electron chi connectivity index (χ2n) is 6.86. The second-order valence-corrected chi connectivity index (χ2v) is 10.0. The smallest absolute Gasteiger partial charge is 0.263 e. The third-order valence-corrected chi connectivity index (χ3v) is 7.79. The first-order chi connectivity index (χ1) is 15.5. The maximum Gasteiger partial charge on any atom is 0.263 e. The third-order valence-electron chi connectivity index (χ3n) is 4.78. The Morgan fingerprint density at radius 1 is 1.19 bits per heavy atom. The van der Waals surface area contributed by atoms with E-state index in [4.69, 9.17) is 16.6 Å². The average Bonchev–Trinajstić information content (AvgIpc) is 3.45. The molecular weight excluding hydrogens is 484 g/mol. The molecule has 160 valence electrons. The highest BCUT2D eigenvalue weighted by Gasteiger charge is 2.18. The molecule has 32 heavy (non-hydrogen) atoms. The highest BCUT2D eigenvalue weighted by Crippen LogP contribution is 2.34. The van der Waals surface area contributed by atoms with Gasteiger partial charge in [0, 0.05) is 40.4 Å². The summed E-state index contributed by atoms with van der Waals surface area (Å²) < 4.78 is 3.03. The number of nitrogens with zero attached hydrogens (tertiary/aromatic N) is 4. The number of pyridine rings is 1. The normalized spacial score (nSPS) is 11.4. The van der Waals surface area contributed by atoms with E-state index < -0.39 is 0 Å². The van der Waals surface area contributed by atoms with Gasteiger partial charge in [-0.1, -0.05) is 35.5 Å². The molecule has 6 nitrogen and oxygen atoms in total. The number of hydrogen-bond acceptors (Lipinski definition) is 7. The first-order valence-corrected chi connectivity index (χ1v) is 12.6. The summed E-state index contributed by atoms with van der Waals surface area (Å²) >= 11 is 10.4. The molecule has 10 heteroatoms. The van der Waals surface area contributed by atoms with E-state index in [0.29, 0.717) is 44.0 Å². The van der Waals surface area contributed by atoms with Gasteiger partial charge in [-0.2, -0.15) is 0 Å². The number of aromatic nitrogens is 4. The molecule has 5 aromatic rings. The van der Waals surface area contributed by atoms with Crippen molar-refractivity contribution in [1.29, 1.82) is 0 Å². The molecule has 0 saturated carbocycles. The topological polar surface area (TPSA) is 69.3 Å². The summed E-state index contributed by atoms with van der Waals surface area (Å²) in [6.45, 7) is 4.13. The summed E-state index contributed by atoms with van der Waals surface area (Å²) in [6.07, 6.45) is 3.23. The zero-order valence-electron chi connectivity index (χ0n) is 16.5. The van der Waals surface area contributed by atoms with Gasteiger partial charge in [0.1, 0.15) is 10.5 Å². The Morgan fingerprint density at radius 2 is 2.06 bits per heavy atom. The van der Waals surface area contributed by atoms with Crippen LogP contribution in [0.15, 0.2) is 74.7 Å². The number of halogens is 1. The van der Waals surface area contributed by atoms with E-state index in [1.807, 2.05) is 22.9 Å². The molecule has 0 unspecified atom stereocenters. The Balaban J connectivity index is 1.54. The van der Waals surface area contributed by atoms with Crippen LogP contribution in [0.4, 0.5) is 0 Å². The van der Waals surface area contributed by atoms with Crippen molar-refractivity contribution in [2.45, 2.75) is 17.5 Å². The van der Waals surface area contributed by atoms with Crippen LogP contribution in [-0.4, -0.2) is 18.9 Å². The lowest BCUT2D eigenvalue weighted by Crippen LogP contribution is -2.22. The van der Waals surface area contributed by atoms with E-state index in [1.54, 1.807) is 40.3 Å². The average molecular weight is 499 g/mol. The molecule has 5 aromatic heterocycles. The van der Waals surface area contributed by atoms with Gasteiger partial charge in [-0.15, -0.1) is 29.3 Å². The Hall–Kier alpha value is -2.72. The van der Waals surface area contributed by atoms with Crippen LogP contribution in [0.3, 0.4) is 0 Å². The summed E-state index contributed by atoms with van der Waals surface area (Å²) in [5, 5.41) is 5.63. The fraction of sp³-hybridized carbons (Fsp3) is 0.0909. The summed E-state index contributed by atoms with van der Waals surface area (Å²) in [6, 6.07) is 8.84. The molecule has 0 bridgehead atoms. The van der Waals surface area contributed by atoms with Crippen LogP contribution in [-0.2, 0) is 12.3 Å². The van der Waals surface area contributed by atoms with Crippen LogP contribution in [0.2, 0.25) is 5.02 Å². The quantitative estimate of drug-likeness (QED) is 0.180. The van der Waals surface area contributed by atoms with Gasteiger partial charge in [0.25, 0.3) is 11.1 Å². The van der Waals surface area contributed by atoms with Gasteiger partial charge in [0.2, 0.25) is 0 Å². The molecule has 0 aliphatic rings. The number of allylic oxidation sites excluding steroid dienone is 1. The summed E-state index contributed by atoms with van der Waals surface area (Å²) in [5.41, 5.74) is 1.73. The first-order valence-electron chi connectivity index (χ1n) is 9.52. The van der Waals surface area contributed by atoms with Crippen LogP contribution >= 0.6 is 46.0 Å². The summed E-state index contributed by atoms with van der Waals surface area (Å²) in [5.74, 6) is 0.395. The molecule has 0 N–H and O–H groups in total. The molecule has 0 fully saturated rings. The minimum Gasteiger partial charge on any atom is -0.283 e. The zero-order chi connectivity index (χ0) is 22.2. The van der Waals surface area contributed by atoms with Gasteiger partial charge < -0.3 is 0 Å². The van der Waals surface area contributed by atoms with Crippen LogP contribution in [0.25, 0.3) is 26.3 Å². The molecule has 5 heterocycles. The van der Waals surface area contributed by atoms with Crippen LogP contribution in [0.5, 0.6) is 0 Å². The van der Waals surface area contributed by atoms with Gasteiger partial charge in [0.15, 0.2) is 5.16 Å². The molecule has 0 saturated heterocycles. The van der Waals surface area contributed by atoms with Crippen molar-refractivity contribution in [3.05, 3.63) is 91.4 Å². The van der Waals surface area contributed by atoms with Crippen molar-refractivity contribution in [1.82, 2.24) is 18.9 Å². The van der Waals surface area contributed by atoms with E-state index >= 15 is 0 Å². The van der Waals surface area contributed by atoms with Gasteiger partial charge in [0.05, 0.1) is 16.1 Å². The van der Waals surface area contributed by atoms with E-state index in [0.717, 1.165) is 10.4 Å². The Kier molecular flexibility index (Phi) is 5.73. The second kappa shape index (κ2) is 8.67. The van der Waals surface area contributed by atoms with E-state index in [9.17, 15) is 9.59 Å². The number of rotatable bonds is 6. The maximum absolute atomic E-state index is 13.4. The number of hydrogen-bond donors (Lipinski definition) is 0. The number of fused-ring (bicyclic) bond motifs is 2. The van der Waals surface area contributed by atoms with Crippen molar-refractivity contribution in [2.75, 3.05) is 0 Å². The maximum atomic E-state index is 13.4. The molecular formula is C22H15ClN4O2S3. The fourth-order valence-electron chi connectivity index (χ4n) is 3.36. The van der Waals surface area contributed by atoms with Crippen molar-refractivity contribution < 1.29 is 0 Å². The predicted molar refractivity (Wildman–Crippen MR) is 133 cm³/mol. The minimum absolute atomic E-state index is 0.0942. The lowest BCUT2D eigenvalue weighted by atomic mass is 10.2. The standard InChI is InChI=1S/C22H15ClN4O2S3/c1-2-7-26-21(29)19-15(16-4-3-8-30-16)12-31-20(19)25-22(26)32-11-14-9-18(28)27-10-13(23)5-6-17(27)24-14/h2-6,8-10,12H,1,7,11H2. The highest BCUT2D eigenvalue weighted by atomic mass is 35.5. The SMILES string of the molecule is C=CCn1c(SCc2cc(=O)n3cc(Cl)ccc3n2)nc2scc(-c3cccs3)c2c1=O. The molecule has 0 amide bonds. The van der Waals surface area contributed by atoms with Crippen LogP contribution in [0, 0.1) is 0 Å². The van der Waals surface area contributed by atoms with Crippen LogP contribution in [0.1, 0.15) is 5.69 Å². The molecule has 0 aliphatic carbocycles. The van der Waals surface area contributed by atoms with E-state index in [2.05, 4.69) is 11.6 Å².